The van der Waals surface area contributed by atoms with Gasteiger partial charge >= 0.3 is 0 Å². The van der Waals surface area contributed by atoms with E-state index in [2.05, 4.69) is 56.1 Å². The Kier molecular flexibility index (Phi) is 4.63. The van der Waals surface area contributed by atoms with E-state index in [0.717, 1.165) is 43.3 Å². The fraction of sp³-hybridized carbons (Fsp3) is 0.500. The van der Waals surface area contributed by atoms with Crippen LogP contribution in [0, 0.1) is 6.92 Å². The first-order valence-corrected chi connectivity index (χ1v) is 10.5. The Bertz CT molecular complexity index is 928. The van der Waals surface area contributed by atoms with E-state index in [1.165, 1.54) is 24.8 Å². The summed E-state index contributed by atoms with van der Waals surface area (Å²) in [5.41, 5.74) is 2.43. The van der Waals surface area contributed by atoms with Gasteiger partial charge in [-0.25, -0.2) is 9.67 Å². The van der Waals surface area contributed by atoms with Crippen LogP contribution in [0.1, 0.15) is 67.6 Å². The number of aromatic nitrogens is 5. The number of imidazole rings is 1. The number of aryl methyl sites for hydroxylation is 2. The quantitative estimate of drug-likeness (QED) is 0.737. The zero-order valence-electron chi connectivity index (χ0n) is 16.5. The van der Waals surface area contributed by atoms with Crippen molar-refractivity contribution in [2.45, 2.75) is 70.0 Å². The van der Waals surface area contributed by atoms with Crippen molar-refractivity contribution in [3.05, 3.63) is 59.9 Å². The maximum Gasteiger partial charge on any atom is 0.242 e. The van der Waals surface area contributed by atoms with Crippen molar-refractivity contribution in [2.75, 3.05) is 5.32 Å². The minimum absolute atomic E-state index is 0.344. The van der Waals surface area contributed by atoms with Gasteiger partial charge in [-0.05, 0) is 44.6 Å². The molecule has 1 fully saturated rings. The van der Waals surface area contributed by atoms with Gasteiger partial charge in [-0.15, -0.1) is 5.10 Å². The number of hydrogen-bond donors (Lipinski definition) is 1. The molecule has 1 N–H and O–H groups in total. The van der Waals surface area contributed by atoms with Gasteiger partial charge in [0.1, 0.15) is 5.82 Å². The Labute approximate surface area is 166 Å². The summed E-state index contributed by atoms with van der Waals surface area (Å²) < 4.78 is 4.40. The molecule has 2 aromatic heterocycles. The Morgan fingerprint density at radius 1 is 1.07 bits per heavy atom. The smallest absolute Gasteiger partial charge is 0.242 e. The van der Waals surface area contributed by atoms with Gasteiger partial charge in [0.05, 0.1) is 12.0 Å². The molecule has 0 amide bonds. The standard InChI is InChI=1S/C22H28N6/c1-16-14-27(15-23-16)19-11-10-18(13-19)24-22-25-21-20(17-7-3-2-4-8-17)9-5-6-12-28(21)26-22/h2-4,7-8,14-15,18-20H,5-6,9-13H2,1H3,(H,24,26). The summed E-state index contributed by atoms with van der Waals surface area (Å²) in [5.74, 6) is 2.26. The first kappa shape index (κ1) is 17.5. The molecule has 3 atom stereocenters. The van der Waals surface area contributed by atoms with E-state index in [0.29, 0.717) is 18.0 Å². The highest BCUT2D eigenvalue weighted by Crippen LogP contribution is 2.34. The van der Waals surface area contributed by atoms with E-state index in [1.807, 2.05) is 13.3 Å². The molecule has 0 radical (unpaired) electrons. The van der Waals surface area contributed by atoms with Gasteiger partial charge in [-0.3, -0.25) is 0 Å². The van der Waals surface area contributed by atoms with Crippen molar-refractivity contribution in [1.29, 1.82) is 0 Å². The molecule has 5 rings (SSSR count). The molecule has 0 bridgehead atoms. The minimum atomic E-state index is 0.344. The van der Waals surface area contributed by atoms with Crippen LogP contribution >= 0.6 is 0 Å². The highest BCUT2D eigenvalue weighted by atomic mass is 15.4. The number of fused-ring (bicyclic) bond motifs is 1. The van der Waals surface area contributed by atoms with Crippen LogP contribution in [0.15, 0.2) is 42.9 Å². The summed E-state index contributed by atoms with van der Waals surface area (Å²) in [6, 6.07) is 11.7. The average Bonchev–Trinajstić information content (AvgIpc) is 3.41. The highest BCUT2D eigenvalue weighted by molar-refractivity contribution is 5.32. The number of nitrogens with zero attached hydrogens (tertiary/aromatic N) is 5. The summed E-state index contributed by atoms with van der Waals surface area (Å²) in [6.07, 6.45) is 11.1. The number of hydrogen-bond acceptors (Lipinski definition) is 4. The molecule has 1 aliphatic carbocycles. The molecule has 3 heterocycles. The molecule has 3 unspecified atom stereocenters. The van der Waals surface area contributed by atoms with E-state index in [4.69, 9.17) is 10.1 Å². The number of nitrogens with one attached hydrogen (secondary N) is 1. The zero-order valence-corrected chi connectivity index (χ0v) is 16.5. The molecule has 146 valence electrons. The van der Waals surface area contributed by atoms with Crippen molar-refractivity contribution in [3.8, 4) is 0 Å². The lowest BCUT2D eigenvalue weighted by Gasteiger charge is -2.14. The van der Waals surface area contributed by atoms with Gasteiger partial charge in [0.25, 0.3) is 0 Å². The van der Waals surface area contributed by atoms with Gasteiger partial charge in [0, 0.05) is 30.7 Å². The van der Waals surface area contributed by atoms with Crippen LogP contribution in [0.3, 0.4) is 0 Å². The van der Waals surface area contributed by atoms with E-state index in [-0.39, 0.29) is 0 Å². The molecule has 28 heavy (non-hydrogen) atoms. The maximum atomic E-state index is 4.96. The monoisotopic (exact) mass is 376 g/mol. The molecular formula is C22H28N6. The molecular weight excluding hydrogens is 348 g/mol. The van der Waals surface area contributed by atoms with E-state index >= 15 is 0 Å². The first-order chi connectivity index (χ1) is 13.8. The van der Waals surface area contributed by atoms with E-state index < -0.39 is 0 Å². The van der Waals surface area contributed by atoms with Gasteiger partial charge in [-0.2, -0.15) is 4.98 Å². The molecule has 1 aliphatic heterocycles. The van der Waals surface area contributed by atoms with Crippen LogP contribution in [0.4, 0.5) is 5.95 Å². The molecule has 2 aliphatic rings. The van der Waals surface area contributed by atoms with Gasteiger partial charge in [0.15, 0.2) is 0 Å². The molecule has 6 nitrogen and oxygen atoms in total. The van der Waals surface area contributed by atoms with Crippen LogP contribution in [0.25, 0.3) is 0 Å². The lowest BCUT2D eigenvalue weighted by Crippen LogP contribution is -2.17. The third-order valence-electron chi connectivity index (χ3n) is 6.22. The van der Waals surface area contributed by atoms with Crippen molar-refractivity contribution in [3.63, 3.8) is 0 Å². The summed E-state index contributed by atoms with van der Waals surface area (Å²) in [6.45, 7) is 3.02. The molecule has 6 heteroatoms. The highest BCUT2D eigenvalue weighted by Gasteiger charge is 2.29. The van der Waals surface area contributed by atoms with Gasteiger partial charge < -0.3 is 9.88 Å². The largest absolute Gasteiger partial charge is 0.350 e. The molecule has 1 saturated carbocycles. The minimum Gasteiger partial charge on any atom is -0.350 e. The van der Waals surface area contributed by atoms with Crippen molar-refractivity contribution in [1.82, 2.24) is 24.3 Å². The van der Waals surface area contributed by atoms with E-state index in [9.17, 15) is 0 Å². The third kappa shape index (κ3) is 3.43. The Hall–Kier alpha value is -2.63. The van der Waals surface area contributed by atoms with Crippen LogP contribution < -0.4 is 5.32 Å². The van der Waals surface area contributed by atoms with Crippen LogP contribution in [0.2, 0.25) is 0 Å². The molecule has 0 saturated heterocycles. The summed E-state index contributed by atoms with van der Waals surface area (Å²) in [7, 11) is 0. The summed E-state index contributed by atoms with van der Waals surface area (Å²) in [5, 5.41) is 8.45. The number of benzene rings is 1. The second-order valence-electron chi connectivity index (χ2n) is 8.25. The Morgan fingerprint density at radius 3 is 2.79 bits per heavy atom. The van der Waals surface area contributed by atoms with Crippen molar-refractivity contribution in [2.24, 2.45) is 0 Å². The zero-order chi connectivity index (χ0) is 18.9. The van der Waals surface area contributed by atoms with Gasteiger partial charge in [0.2, 0.25) is 5.95 Å². The second kappa shape index (κ2) is 7.41. The fourth-order valence-corrected chi connectivity index (χ4v) is 4.76. The number of rotatable bonds is 4. The lowest BCUT2D eigenvalue weighted by atomic mass is 9.94. The SMILES string of the molecule is Cc1cn(C2CCC(Nc3nc4n(n3)CCCCC4c3ccccc3)C2)cn1. The normalized spacial score (nSPS) is 24.7. The molecule has 0 spiro atoms. The molecule has 1 aromatic carbocycles. The lowest BCUT2D eigenvalue weighted by molar-refractivity contribution is 0.512. The van der Waals surface area contributed by atoms with Crippen LogP contribution in [0.5, 0.6) is 0 Å². The first-order valence-electron chi connectivity index (χ1n) is 10.5. The number of anilines is 1. The fourth-order valence-electron chi connectivity index (χ4n) is 4.76. The summed E-state index contributed by atoms with van der Waals surface area (Å²) >= 11 is 0. The van der Waals surface area contributed by atoms with Gasteiger partial charge in [-0.1, -0.05) is 36.8 Å². The van der Waals surface area contributed by atoms with Crippen molar-refractivity contribution >= 4 is 5.95 Å². The third-order valence-corrected chi connectivity index (χ3v) is 6.22. The predicted molar refractivity (Wildman–Crippen MR) is 109 cm³/mol. The van der Waals surface area contributed by atoms with Crippen molar-refractivity contribution < 1.29 is 0 Å². The predicted octanol–water partition coefficient (Wildman–Crippen LogP) is 4.30. The molecule has 3 aromatic rings. The second-order valence-corrected chi connectivity index (χ2v) is 8.25. The van der Waals surface area contributed by atoms with Crippen LogP contribution in [-0.2, 0) is 6.54 Å². The van der Waals surface area contributed by atoms with E-state index in [1.54, 1.807) is 0 Å². The average molecular weight is 377 g/mol. The topological polar surface area (TPSA) is 60.6 Å². The van der Waals surface area contributed by atoms with Crippen LogP contribution in [-0.4, -0.2) is 30.4 Å². The Balaban J connectivity index is 1.32. The maximum absolute atomic E-state index is 4.96. The summed E-state index contributed by atoms with van der Waals surface area (Å²) in [4.78, 5) is 9.33. The Morgan fingerprint density at radius 2 is 1.96 bits per heavy atom.